The van der Waals surface area contributed by atoms with Gasteiger partial charge in [-0.2, -0.15) is 0 Å². The first-order chi connectivity index (χ1) is 20.7. The SMILES string of the molecule is C=C(C)Cc1ccc2cc3ccccc3cc2c1S(=O)(=O)[O-].C=C(C)Cc1ccc2cc3ccccc3cc2c1S(=O)(=O)[O-].[Mg+2]. The molecule has 224 valence electrons. The van der Waals surface area contributed by atoms with Crippen molar-refractivity contribution in [1.29, 1.82) is 0 Å². The molecule has 9 heteroatoms. The molecule has 0 spiro atoms. The summed E-state index contributed by atoms with van der Waals surface area (Å²) in [7, 11) is -9.13. The molecule has 0 atom stereocenters. The van der Waals surface area contributed by atoms with Gasteiger partial charge in [0.25, 0.3) is 0 Å². The van der Waals surface area contributed by atoms with Crippen LogP contribution >= 0.6 is 0 Å². The molecule has 6 aromatic carbocycles. The zero-order valence-electron chi connectivity index (χ0n) is 25.0. The Kier molecular flexibility index (Phi) is 10.2. The smallest absolute Gasteiger partial charge is 0.744 e. The van der Waals surface area contributed by atoms with Crippen LogP contribution in [-0.4, -0.2) is 49.0 Å². The van der Waals surface area contributed by atoms with Gasteiger partial charge in [-0.15, -0.1) is 0 Å². The Morgan fingerprint density at radius 3 is 1.13 bits per heavy atom. The largest absolute Gasteiger partial charge is 2.00 e. The van der Waals surface area contributed by atoms with E-state index in [2.05, 4.69) is 13.2 Å². The normalized spacial score (nSPS) is 11.6. The van der Waals surface area contributed by atoms with E-state index < -0.39 is 20.2 Å². The van der Waals surface area contributed by atoms with Crippen LogP contribution in [0.1, 0.15) is 25.0 Å². The third-order valence-electron chi connectivity index (χ3n) is 7.32. The maximum atomic E-state index is 11.8. The minimum atomic E-state index is -4.57. The summed E-state index contributed by atoms with van der Waals surface area (Å²) >= 11 is 0. The van der Waals surface area contributed by atoms with E-state index >= 15 is 0 Å². The topological polar surface area (TPSA) is 114 Å². The Hall–Kier alpha value is -3.57. The minimum Gasteiger partial charge on any atom is -0.744 e. The summed E-state index contributed by atoms with van der Waals surface area (Å²) in [5, 5.41) is 6.30. The van der Waals surface area contributed by atoms with E-state index in [9.17, 15) is 25.9 Å². The molecule has 6 nitrogen and oxygen atoms in total. The summed E-state index contributed by atoms with van der Waals surface area (Å²) in [5.74, 6) is 0. The number of hydrogen-bond donors (Lipinski definition) is 0. The number of hydrogen-bond acceptors (Lipinski definition) is 6. The van der Waals surface area contributed by atoms with Crippen molar-refractivity contribution >= 4 is 86.4 Å². The molecule has 0 N–H and O–H groups in total. The van der Waals surface area contributed by atoms with Crippen LogP contribution in [-0.2, 0) is 33.1 Å². The van der Waals surface area contributed by atoms with Crippen LogP contribution in [0.15, 0.2) is 131 Å². The Morgan fingerprint density at radius 1 is 0.533 bits per heavy atom. The van der Waals surface area contributed by atoms with Gasteiger partial charge in [0.15, 0.2) is 0 Å². The molecule has 0 aliphatic heterocycles. The zero-order chi connectivity index (χ0) is 31.8. The molecule has 45 heavy (non-hydrogen) atoms. The Morgan fingerprint density at radius 2 is 0.844 bits per heavy atom. The molecule has 0 saturated carbocycles. The maximum absolute atomic E-state index is 11.8. The van der Waals surface area contributed by atoms with Crippen molar-refractivity contribution in [2.24, 2.45) is 0 Å². The average molecular weight is 647 g/mol. The molecule has 0 aliphatic rings. The van der Waals surface area contributed by atoms with E-state index in [0.717, 1.165) is 43.5 Å². The van der Waals surface area contributed by atoms with Crippen molar-refractivity contribution in [3.05, 3.63) is 132 Å². The summed E-state index contributed by atoms with van der Waals surface area (Å²) in [5.41, 5.74) is 2.63. The molecule has 0 heterocycles. The predicted octanol–water partition coefficient (Wildman–Crippen LogP) is 7.65. The fourth-order valence-corrected chi connectivity index (χ4v) is 7.40. The molecule has 0 bridgehead atoms. The van der Waals surface area contributed by atoms with Gasteiger partial charge >= 0.3 is 23.1 Å². The van der Waals surface area contributed by atoms with Crippen LogP contribution < -0.4 is 0 Å². The Bertz CT molecular complexity index is 2180. The molecule has 6 rings (SSSR count). The van der Waals surface area contributed by atoms with Crippen LogP contribution in [0.2, 0.25) is 0 Å². The first-order valence-electron chi connectivity index (χ1n) is 13.8. The van der Waals surface area contributed by atoms with E-state index in [4.69, 9.17) is 0 Å². The van der Waals surface area contributed by atoms with Crippen LogP contribution in [0.5, 0.6) is 0 Å². The molecule has 0 amide bonds. The first kappa shape index (κ1) is 34.3. The summed E-state index contributed by atoms with van der Waals surface area (Å²) < 4.78 is 70.8. The third kappa shape index (κ3) is 7.63. The second-order valence-electron chi connectivity index (χ2n) is 11.1. The molecular weight excluding hydrogens is 617 g/mol. The molecule has 0 aromatic heterocycles. The van der Waals surface area contributed by atoms with Crippen LogP contribution in [0.4, 0.5) is 0 Å². The molecule has 0 radical (unpaired) electrons. The van der Waals surface area contributed by atoms with Gasteiger partial charge in [-0.3, -0.25) is 0 Å². The molecule has 0 saturated heterocycles. The fourth-order valence-electron chi connectivity index (χ4n) is 5.58. The molecular formula is C36H30MgO6S2. The van der Waals surface area contributed by atoms with E-state index in [1.807, 2.05) is 86.6 Å². The molecule has 0 aliphatic carbocycles. The maximum Gasteiger partial charge on any atom is 2.00 e. The van der Waals surface area contributed by atoms with Gasteiger partial charge in [0.1, 0.15) is 20.2 Å². The molecule has 0 fully saturated rings. The summed E-state index contributed by atoms with van der Waals surface area (Å²) in [6.45, 7) is 11.2. The van der Waals surface area contributed by atoms with Gasteiger partial charge < -0.3 is 9.11 Å². The zero-order valence-corrected chi connectivity index (χ0v) is 28.1. The number of rotatable bonds is 6. The van der Waals surface area contributed by atoms with E-state index in [-0.39, 0.29) is 32.8 Å². The van der Waals surface area contributed by atoms with Gasteiger partial charge in [-0.25, -0.2) is 16.8 Å². The number of allylic oxidation sites excluding steroid dienone is 2. The summed E-state index contributed by atoms with van der Waals surface area (Å²) in [6, 6.07) is 29.8. The van der Waals surface area contributed by atoms with Gasteiger partial charge in [-0.05, 0) is 94.4 Å². The van der Waals surface area contributed by atoms with Crippen LogP contribution in [0.25, 0.3) is 43.1 Å². The number of fused-ring (bicyclic) bond motifs is 4. The summed E-state index contributed by atoms with van der Waals surface area (Å²) in [6.07, 6.45) is 0.749. The van der Waals surface area contributed by atoms with Crippen molar-refractivity contribution in [2.45, 2.75) is 36.5 Å². The number of benzene rings is 6. The monoisotopic (exact) mass is 646 g/mol. The fraction of sp³-hybridized carbons (Fsp3) is 0.111. The van der Waals surface area contributed by atoms with Crippen molar-refractivity contribution in [2.75, 3.05) is 0 Å². The minimum absolute atomic E-state index is 0. The molecule has 6 aromatic rings. The standard InChI is InChI=1S/2C18H16O3S.Mg/c2*1-12(2)9-16-8-7-15-10-13-5-3-4-6-14(13)11-17(15)18(16)22(19,20)21;/h2*3-8,10-11H,1,9H2,2H3,(H,19,20,21);/q;;+2/p-2. The van der Waals surface area contributed by atoms with Crippen molar-refractivity contribution in [1.82, 2.24) is 0 Å². The van der Waals surface area contributed by atoms with Crippen LogP contribution in [0.3, 0.4) is 0 Å². The van der Waals surface area contributed by atoms with Crippen molar-refractivity contribution < 1.29 is 25.9 Å². The molecule has 0 unspecified atom stereocenters. The van der Waals surface area contributed by atoms with E-state index in [1.165, 1.54) is 0 Å². The second-order valence-corrected chi connectivity index (χ2v) is 13.8. The first-order valence-corrected chi connectivity index (χ1v) is 16.6. The quantitative estimate of drug-likeness (QED) is 0.0795. The Labute approximate surface area is 279 Å². The second kappa shape index (κ2) is 13.4. The van der Waals surface area contributed by atoms with Gasteiger partial charge in [0.05, 0.1) is 9.79 Å². The van der Waals surface area contributed by atoms with Gasteiger partial charge in [0.2, 0.25) is 0 Å². The van der Waals surface area contributed by atoms with E-state index in [0.29, 0.717) is 34.7 Å². The van der Waals surface area contributed by atoms with Crippen LogP contribution in [0, 0.1) is 0 Å². The average Bonchev–Trinajstić information content (AvgIpc) is 2.93. The predicted molar refractivity (Wildman–Crippen MR) is 182 cm³/mol. The summed E-state index contributed by atoms with van der Waals surface area (Å²) in [4.78, 5) is -0.252. The Balaban J connectivity index is 0.000000200. The van der Waals surface area contributed by atoms with Gasteiger partial charge in [0, 0.05) is 10.8 Å². The van der Waals surface area contributed by atoms with Crippen molar-refractivity contribution in [3.63, 3.8) is 0 Å². The van der Waals surface area contributed by atoms with E-state index in [1.54, 1.807) is 24.3 Å². The van der Waals surface area contributed by atoms with Crippen molar-refractivity contribution in [3.8, 4) is 0 Å². The third-order valence-corrected chi connectivity index (χ3v) is 9.29. The van der Waals surface area contributed by atoms with Gasteiger partial charge in [-0.1, -0.05) is 97.1 Å².